The molecule has 2 heterocycles. The highest BCUT2D eigenvalue weighted by Crippen LogP contribution is 2.44. The third-order valence-corrected chi connectivity index (χ3v) is 7.41. The van der Waals surface area contributed by atoms with E-state index >= 15 is 0 Å². The first-order valence-electron chi connectivity index (χ1n) is 9.08. The van der Waals surface area contributed by atoms with Gasteiger partial charge in [0.1, 0.15) is 0 Å². The van der Waals surface area contributed by atoms with Crippen molar-refractivity contribution in [1.29, 1.82) is 0 Å². The van der Waals surface area contributed by atoms with Crippen molar-refractivity contribution in [2.24, 2.45) is 5.92 Å². The van der Waals surface area contributed by atoms with E-state index < -0.39 is 15.4 Å². The monoisotopic (exact) mass is 364 g/mol. The average molecular weight is 365 g/mol. The summed E-state index contributed by atoms with van der Waals surface area (Å²) in [5.74, 6) is 0.418. The minimum Gasteiger partial charge on any atom is -0.311 e. The van der Waals surface area contributed by atoms with Gasteiger partial charge in [-0.05, 0) is 69.7 Å². The highest BCUT2D eigenvalue weighted by Gasteiger charge is 2.45. The van der Waals surface area contributed by atoms with Crippen LogP contribution in [0.25, 0.3) is 0 Å². The lowest BCUT2D eigenvalue weighted by Gasteiger charge is -2.30. The molecule has 1 aromatic rings. The van der Waals surface area contributed by atoms with Gasteiger partial charge in [-0.15, -0.1) is 0 Å². The Morgan fingerprint density at radius 3 is 2.56 bits per heavy atom. The van der Waals surface area contributed by atoms with Gasteiger partial charge < -0.3 is 4.90 Å². The van der Waals surface area contributed by atoms with E-state index in [2.05, 4.69) is 6.92 Å². The van der Waals surface area contributed by atoms with Gasteiger partial charge in [0, 0.05) is 19.6 Å². The summed E-state index contributed by atoms with van der Waals surface area (Å²) in [6.07, 6.45) is 1.97. The Kier molecular flexibility index (Phi) is 4.48. The first-order valence-corrected chi connectivity index (χ1v) is 10.5. The molecule has 0 aliphatic carbocycles. The fraction of sp³-hybridized carbons (Fsp3) is 0.632. The van der Waals surface area contributed by atoms with Gasteiger partial charge >= 0.3 is 0 Å². The second kappa shape index (κ2) is 6.09. The minimum atomic E-state index is -3.53. The van der Waals surface area contributed by atoms with Crippen LogP contribution in [-0.4, -0.2) is 38.3 Å². The average Bonchev–Trinajstić information content (AvgIpc) is 2.75. The van der Waals surface area contributed by atoms with E-state index in [1.807, 2.05) is 27.7 Å². The van der Waals surface area contributed by atoms with Crippen molar-refractivity contribution in [3.8, 4) is 0 Å². The van der Waals surface area contributed by atoms with Crippen LogP contribution in [0.3, 0.4) is 0 Å². The van der Waals surface area contributed by atoms with E-state index in [-0.39, 0.29) is 5.91 Å². The van der Waals surface area contributed by atoms with Crippen molar-refractivity contribution >= 4 is 21.6 Å². The first-order chi connectivity index (χ1) is 11.6. The molecule has 0 spiro atoms. The standard InChI is InChI=1S/C19H28N2O3S/c1-6-21-17-14(3)10-15(11-16(17)19(4,5)18(21)22)25(23,24)20-9-7-8-13(2)12-20/h10-11,13H,6-9,12H2,1-5H3/t13-/m0/s1. The Bertz CT molecular complexity index is 814. The largest absolute Gasteiger partial charge is 0.311 e. The molecule has 1 saturated heterocycles. The number of sulfonamides is 1. The van der Waals surface area contributed by atoms with E-state index in [1.165, 1.54) is 0 Å². The topological polar surface area (TPSA) is 57.7 Å². The van der Waals surface area contributed by atoms with Crippen molar-refractivity contribution in [2.45, 2.75) is 57.8 Å². The normalized spacial score (nSPS) is 23.8. The third kappa shape index (κ3) is 2.79. The molecule has 1 atom stereocenters. The van der Waals surface area contributed by atoms with Crippen LogP contribution >= 0.6 is 0 Å². The predicted molar refractivity (Wildman–Crippen MR) is 99.4 cm³/mol. The molecule has 6 heteroatoms. The van der Waals surface area contributed by atoms with Crippen LogP contribution in [0.5, 0.6) is 0 Å². The van der Waals surface area contributed by atoms with Crippen molar-refractivity contribution in [2.75, 3.05) is 24.5 Å². The number of nitrogens with zero attached hydrogens (tertiary/aromatic N) is 2. The fourth-order valence-corrected chi connectivity index (χ4v) is 5.81. The molecule has 0 bridgehead atoms. The second-order valence-electron chi connectivity index (χ2n) is 7.92. The number of piperidine rings is 1. The van der Waals surface area contributed by atoms with Crippen molar-refractivity contribution in [3.63, 3.8) is 0 Å². The van der Waals surface area contributed by atoms with E-state index in [4.69, 9.17) is 0 Å². The lowest BCUT2D eigenvalue weighted by Crippen LogP contribution is -2.39. The fourth-order valence-electron chi connectivity index (χ4n) is 4.10. The summed E-state index contributed by atoms with van der Waals surface area (Å²) in [5.41, 5.74) is 1.85. The Balaban J connectivity index is 2.11. The van der Waals surface area contributed by atoms with E-state index in [0.29, 0.717) is 30.4 Å². The quantitative estimate of drug-likeness (QED) is 0.828. The Morgan fingerprint density at radius 2 is 1.96 bits per heavy atom. The summed E-state index contributed by atoms with van der Waals surface area (Å²) in [4.78, 5) is 14.8. The summed E-state index contributed by atoms with van der Waals surface area (Å²) in [5, 5.41) is 0. The number of anilines is 1. The number of hydrogen-bond donors (Lipinski definition) is 0. The smallest absolute Gasteiger partial charge is 0.243 e. The maximum atomic E-state index is 13.2. The van der Waals surface area contributed by atoms with Crippen LogP contribution in [0.1, 0.15) is 51.7 Å². The van der Waals surface area contributed by atoms with E-state index in [1.54, 1.807) is 21.3 Å². The SMILES string of the molecule is CCN1C(=O)C(C)(C)c2cc(S(=O)(=O)N3CCC[C@H](C)C3)cc(C)c21. The van der Waals surface area contributed by atoms with Crippen LogP contribution in [0.15, 0.2) is 17.0 Å². The van der Waals surface area contributed by atoms with Gasteiger partial charge in [0.25, 0.3) is 0 Å². The zero-order valence-corrected chi connectivity index (χ0v) is 16.6. The van der Waals surface area contributed by atoms with Gasteiger partial charge in [0.2, 0.25) is 15.9 Å². The van der Waals surface area contributed by atoms with Crippen LogP contribution in [0.2, 0.25) is 0 Å². The highest BCUT2D eigenvalue weighted by molar-refractivity contribution is 7.89. The van der Waals surface area contributed by atoms with Gasteiger partial charge in [-0.2, -0.15) is 4.31 Å². The summed E-state index contributed by atoms with van der Waals surface area (Å²) in [7, 11) is -3.53. The summed E-state index contributed by atoms with van der Waals surface area (Å²) in [6.45, 7) is 11.4. The summed E-state index contributed by atoms with van der Waals surface area (Å²) >= 11 is 0. The van der Waals surface area contributed by atoms with Gasteiger partial charge in [0.15, 0.2) is 0 Å². The molecule has 3 rings (SSSR count). The second-order valence-corrected chi connectivity index (χ2v) is 9.86. The minimum absolute atomic E-state index is 0.0363. The molecule has 0 saturated carbocycles. The van der Waals surface area contributed by atoms with E-state index in [0.717, 1.165) is 29.7 Å². The van der Waals surface area contributed by atoms with Crippen molar-refractivity contribution < 1.29 is 13.2 Å². The number of fused-ring (bicyclic) bond motifs is 1. The number of aryl methyl sites for hydroxylation is 1. The molecule has 5 nitrogen and oxygen atoms in total. The molecule has 2 aliphatic rings. The molecule has 0 unspecified atom stereocenters. The first kappa shape index (κ1) is 18.4. The number of carbonyl (C=O) groups is 1. The van der Waals surface area contributed by atoms with E-state index in [9.17, 15) is 13.2 Å². The molecule has 1 amide bonds. The molecule has 25 heavy (non-hydrogen) atoms. The molecule has 1 fully saturated rings. The van der Waals surface area contributed by atoms with Gasteiger partial charge in [-0.3, -0.25) is 4.79 Å². The maximum absolute atomic E-state index is 13.2. The number of benzene rings is 1. The zero-order valence-electron chi connectivity index (χ0n) is 15.8. The number of carbonyl (C=O) groups excluding carboxylic acids is 1. The van der Waals surface area contributed by atoms with Gasteiger partial charge in [-0.1, -0.05) is 6.92 Å². The molecule has 2 aliphatic heterocycles. The summed E-state index contributed by atoms with van der Waals surface area (Å²) < 4.78 is 27.9. The maximum Gasteiger partial charge on any atom is 0.243 e. The molecule has 138 valence electrons. The van der Waals surface area contributed by atoms with Crippen LogP contribution in [0.4, 0.5) is 5.69 Å². The highest BCUT2D eigenvalue weighted by atomic mass is 32.2. The lowest BCUT2D eigenvalue weighted by molar-refractivity contribution is -0.122. The number of hydrogen-bond acceptors (Lipinski definition) is 3. The molecule has 0 radical (unpaired) electrons. The Hall–Kier alpha value is -1.40. The number of likely N-dealkylation sites (N-methyl/N-ethyl adjacent to an activating group) is 1. The molecule has 0 aromatic heterocycles. The van der Waals surface area contributed by atoms with Crippen molar-refractivity contribution in [1.82, 2.24) is 4.31 Å². The Morgan fingerprint density at radius 1 is 1.28 bits per heavy atom. The Labute approximate surface area is 151 Å². The van der Waals surface area contributed by atoms with Crippen molar-refractivity contribution in [3.05, 3.63) is 23.3 Å². The molecular weight excluding hydrogens is 336 g/mol. The van der Waals surface area contributed by atoms with Crippen LogP contribution in [0, 0.1) is 12.8 Å². The molecule has 1 aromatic carbocycles. The van der Waals surface area contributed by atoms with Gasteiger partial charge in [0.05, 0.1) is 16.0 Å². The van der Waals surface area contributed by atoms with Crippen LogP contribution in [-0.2, 0) is 20.2 Å². The predicted octanol–water partition coefficient (Wildman–Crippen LogP) is 3.06. The lowest BCUT2D eigenvalue weighted by atomic mass is 9.85. The van der Waals surface area contributed by atoms with Crippen LogP contribution < -0.4 is 4.90 Å². The molecular formula is C19H28N2O3S. The zero-order chi connectivity index (χ0) is 18.6. The molecule has 0 N–H and O–H groups in total. The number of rotatable bonds is 3. The summed E-state index contributed by atoms with van der Waals surface area (Å²) in [6, 6.07) is 3.45. The van der Waals surface area contributed by atoms with Gasteiger partial charge in [-0.25, -0.2) is 8.42 Å². The number of amides is 1. The third-order valence-electron chi connectivity index (χ3n) is 5.57.